The summed E-state index contributed by atoms with van der Waals surface area (Å²) in [5.74, 6) is 1.29. The maximum atomic E-state index is 12.5. The second kappa shape index (κ2) is 19.3. The van der Waals surface area contributed by atoms with E-state index in [0.717, 1.165) is 89.2 Å². The standard InChI is InChI=1S/C69H67N3O/c1-43(2)52-39-58(44(3)4)66(73)61(40-52)67-71-65-57(53-36-54(38-56(37-53)69(9,10)11)62-41-51(33-34-70-62)48-27-25-47(26-28-48)46-19-14-12-15-20-46)23-18-24-63(65)72(67)64-35-45(5)59(49-21-16-13-17-22-49)42-60(64)50-29-31-55(32-30-50)68(6,7)8/h12-44,73H,1-11H3. The molecule has 0 fully saturated rings. The fraction of sp³-hybridized carbons (Fsp3) is 0.217. The molecule has 364 valence electrons. The number of imidazole rings is 1. The molecule has 10 rings (SSSR count). The van der Waals surface area contributed by atoms with Crippen LogP contribution < -0.4 is 0 Å². The van der Waals surface area contributed by atoms with Crippen molar-refractivity contribution in [3.05, 3.63) is 216 Å². The number of hydrogen-bond acceptors (Lipinski definition) is 3. The molecule has 0 saturated heterocycles. The number of phenolic OH excluding ortho intramolecular Hbond substituents is 1. The van der Waals surface area contributed by atoms with Crippen molar-refractivity contribution in [3.63, 3.8) is 0 Å². The van der Waals surface area contributed by atoms with Gasteiger partial charge in [0.2, 0.25) is 0 Å². The average molecular weight is 954 g/mol. The molecule has 0 atom stereocenters. The zero-order chi connectivity index (χ0) is 51.3. The molecule has 2 aromatic heterocycles. The molecule has 0 aliphatic rings. The van der Waals surface area contributed by atoms with Gasteiger partial charge in [0.1, 0.15) is 11.6 Å². The smallest absolute Gasteiger partial charge is 0.149 e. The summed E-state index contributed by atoms with van der Waals surface area (Å²) >= 11 is 0. The number of fused-ring (bicyclic) bond motifs is 1. The molecular formula is C69H67N3O. The van der Waals surface area contributed by atoms with E-state index in [9.17, 15) is 5.11 Å². The van der Waals surface area contributed by atoms with Crippen LogP contribution in [0.25, 0.3) is 95.0 Å². The summed E-state index contributed by atoms with van der Waals surface area (Å²) in [6.07, 6.45) is 1.93. The predicted molar refractivity (Wildman–Crippen MR) is 309 cm³/mol. The highest BCUT2D eigenvalue weighted by Gasteiger charge is 2.27. The van der Waals surface area contributed by atoms with Crippen LogP contribution in [0.3, 0.4) is 0 Å². The number of phenols is 1. The van der Waals surface area contributed by atoms with Gasteiger partial charge in [-0.25, -0.2) is 4.98 Å². The first-order chi connectivity index (χ1) is 34.9. The largest absolute Gasteiger partial charge is 0.507 e. The molecule has 0 unspecified atom stereocenters. The fourth-order valence-corrected chi connectivity index (χ4v) is 10.2. The van der Waals surface area contributed by atoms with E-state index in [1.54, 1.807) is 0 Å². The number of aromatic hydroxyl groups is 1. The lowest BCUT2D eigenvalue weighted by Crippen LogP contribution is -2.11. The Balaban J connectivity index is 1.22. The second-order valence-electron chi connectivity index (χ2n) is 22.6. The summed E-state index contributed by atoms with van der Waals surface area (Å²) in [4.78, 5) is 10.8. The van der Waals surface area contributed by atoms with Crippen LogP contribution in [0.15, 0.2) is 188 Å². The topological polar surface area (TPSA) is 50.9 Å². The van der Waals surface area contributed by atoms with Crippen molar-refractivity contribution < 1.29 is 5.11 Å². The highest BCUT2D eigenvalue weighted by molar-refractivity contribution is 5.98. The van der Waals surface area contributed by atoms with E-state index in [-0.39, 0.29) is 28.4 Å². The van der Waals surface area contributed by atoms with E-state index in [4.69, 9.17) is 9.97 Å². The Morgan fingerprint density at radius 3 is 1.67 bits per heavy atom. The summed E-state index contributed by atoms with van der Waals surface area (Å²) in [6.45, 7) is 24.6. The zero-order valence-corrected chi connectivity index (χ0v) is 44.3. The van der Waals surface area contributed by atoms with E-state index >= 15 is 0 Å². The van der Waals surface area contributed by atoms with Crippen molar-refractivity contribution in [1.82, 2.24) is 14.5 Å². The Hall–Kier alpha value is -7.82. The normalized spacial score (nSPS) is 12.1. The quantitative estimate of drug-likeness (QED) is 0.149. The summed E-state index contributed by atoms with van der Waals surface area (Å²) in [5.41, 5.74) is 22.2. The third-order valence-electron chi connectivity index (χ3n) is 14.6. The molecular weight excluding hydrogens is 887 g/mol. The number of nitrogens with zero attached hydrogens (tertiary/aromatic N) is 3. The average Bonchev–Trinajstić information content (AvgIpc) is 3.78. The number of pyridine rings is 1. The van der Waals surface area contributed by atoms with Gasteiger partial charge in [-0.1, -0.05) is 203 Å². The fourth-order valence-electron chi connectivity index (χ4n) is 10.2. The van der Waals surface area contributed by atoms with Crippen LogP contribution in [0.5, 0.6) is 5.75 Å². The van der Waals surface area contributed by atoms with E-state index in [2.05, 4.69) is 263 Å². The van der Waals surface area contributed by atoms with Crippen LogP contribution in [-0.2, 0) is 10.8 Å². The van der Waals surface area contributed by atoms with Crippen LogP contribution in [0.2, 0.25) is 0 Å². The van der Waals surface area contributed by atoms with Gasteiger partial charge in [0, 0.05) is 22.9 Å². The number of rotatable bonds is 10. The minimum atomic E-state index is -0.167. The SMILES string of the molecule is Cc1cc(-n2c(-c3cc(C(C)C)cc(C(C)C)c3O)nc3c(-c4cc(-c5cc(-c6ccc(-c7ccccc7)cc6)ccn5)cc(C(C)(C)C)c4)cccc32)c(-c2ccc(C(C)(C)C)cc2)cc1-c1ccccc1. The lowest BCUT2D eigenvalue weighted by molar-refractivity contribution is 0.466. The van der Waals surface area contributed by atoms with E-state index in [1.807, 2.05) is 6.20 Å². The van der Waals surface area contributed by atoms with Gasteiger partial charge in [-0.05, 0) is 150 Å². The highest BCUT2D eigenvalue weighted by Crippen LogP contribution is 2.46. The molecule has 0 aliphatic heterocycles. The van der Waals surface area contributed by atoms with Crippen LogP contribution in [-0.4, -0.2) is 19.6 Å². The molecule has 1 N–H and O–H groups in total. The Morgan fingerprint density at radius 1 is 0.452 bits per heavy atom. The van der Waals surface area contributed by atoms with E-state index in [1.165, 1.54) is 27.8 Å². The van der Waals surface area contributed by atoms with Gasteiger partial charge in [-0.15, -0.1) is 0 Å². The van der Waals surface area contributed by atoms with Crippen molar-refractivity contribution in [2.24, 2.45) is 0 Å². The van der Waals surface area contributed by atoms with Gasteiger partial charge in [0.15, 0.2) is 0 Å². The van der Waals surface area contributed by atoms with Gasteiger partial charge >= 0.3 is 0 Å². The molecule has 0 radical (unpaired) electrons. The summed E-state index contributed by atoms with van der Waals surface area (Å²) in [7, 11) is 0. The van der Waals surface area contributed by atoms with Crippen LogP contribution >= 0.6 is 0 Å². The summed E-state index contributed by atoms with van der Waals surface area (Å²) < 4.78 is 2.32. The maximum Gasteiger partial charge on any atom is 0.149 e. The molecule has 73 heavy (non-hydrogen) atoms. The van der Waals surface area contributed by atoms with Gasteiger partial charge in [-0.2, -0.15) is 0 Å². The predicted octanol–water partition coefficient (Wildman–Crippen LogP) is 18.9. The third kappa shape index (κ3) is 9.67. The van der Waals surface area contributed by atoms with Crippen LogP contribution in [0.1, 0.15) is 109 Å². The Bertz CT molecular complexity index is 3620. The molecule has 8 aromatic carbocycles. The van der Waals surface area contributed by atoms with E-state index in [0.29, 0.717) is 5.82 Å². The zero-order valence-electron chi connectivity index (χ0n) is 44.3. The number of para-hydroxylation sites is 1. The number of hydrogen-bond donors (Lipinski definition) is 1. The first-order valence-corrected chi connectivity index (χ1v) is 25.9. The Labute approximate surface area is 433 Å². The van der Waals surface area contributed by atoms with Gasteiger partial charge in [0.05, 0.1) is 28.0 Å². The van der Waals surface area contributed by atoms with Gasteiger partial charge in [0.25, 0.3) is 0 Å². The molecule has 0 spiro atoms. The molecule has 0 saturated carbocycles. The summed E-state index contributed by atoms with van der Waals surface area (Å²) in [5, 5.41) is 12.5. The minimum Gasteiger partial charge on any atom is -0.507 e. The van der Waals surface area contributed by atoms with Crippen molar-refractivity contribution in [2.75, 3.05) is 0 Å². The first kappa shape index (κ1) is 48.8. The highest BCUT2D eigenvalue weighted by atomic mass is 16.3. The lowest BCUT2D eigenvalue weighted by atomic mass is 9.83. The first-order valence-electron chi connectivity index (χ1n) is 25.9. The van der Waals surface area contributed by atoms with Crippen LogP contribution in [0.4, 0.5) is 0 Å². The van der Waals surface area contributed by atoms with E-state index < -0.39 is 0 Å². The minimum absolute atomic E-state index is 0.000841. The van der Waals surface area contributed by atoms with Crippen molar-refractivity contribution in [3.8, 4) is 89.7 Å². The molecule has 0 amide bonds. The van der Waals surface area contributed by atoms with Crippen molar-refractivity contribution in [1.29, 1.82) is 0 Å². The maximum absolute atomic E-state index is 12.5. The number of aryl methyl sites for hydroxylation is 1. The molecule has 2 heterocycles. The molecule has 0 aliphatic carbocycles. The van der Waals surface area contributed by atoms with Crippen molar-refractivity contribution >= 4 is 11.0 Å². The third-order valence-corrected chi connectivity index (χ3v) is 14.6. The molecule has 4 nitrogen and oxygen atoms in total. The monoisotopic (exact) mass is 954 g/mol. The van der Waals surface area contributed by atoms with Gasteiger partial charge in [-0.3, -0.25) is 9.55 Å². The molecule has 0 bridgehead atoms. The van der Waals surface area contributed by atoms with Crippen molar-refractivity contribution in [2.45, 2.75) is 98.8 Å². The second-order valence-corrected chi connectivity index (χ2v) is 22.6. The lowest BCUT2D eigenvalue weighted by Gasteiger charge is -2.22. The Kier molecular flexibility index (Phi) is 12.9. The number of benzene rings is 8. The van der Waals surface area contributed by atoms with Crippen LogP contribution in [0, 0.1) is 6.92 Å². The van der Waals surface area contributed by atoms with Gasteiger partial charge < -0.3 is 5.11 Å². The number of aromatic nitrogens is 3. The molecule has 4 heteroatoms. The molecule has 10 aromatic rings. The Morgan fingerprint density at radius 2 is 1.04 bits per heavy atom. The summed E-state index contributed by atoms with van der Waals surface area (Å²) in [6, 6.07) is 65.9.